The fourth-order valence-electron chi connectivity index (χ4n) is 3.43. The van der Waals surface area contributed by atoms with Crippen LogP contribution in [0.4, 0.5) is 0 Å². The van der Waals surface area contributed by atoms with E-state index >= 15 is 0 Å². The monoisotopic (exact) mass is 468 g/mol. The van der Waals surface area contributed by atoms with Gasteiger partial charge in [0.25, 0.3) is 0 Å². The number of rotatable bonds is 9. The maximum atomic E-state index is 13.1. The Bertz CT molecular complexity index is 1080. The van der Waals surface area contributed by atoms with Crippen molar-refractivity contribution >= 4 is 20.0 Å². The molecule has 8 nitrogen and oxygen atoms in total. The SMILES string of the molecule is COCCOc1ccc(S(=O)(=O)N2CCC(NS(=O)(=O)c3ccccc3)CC2)cc1C. The van der Waals surface area contributed by atoms with E-state index in [2.05, 4.69) is 4.72 Å². The maximum Gasteiger partial charge on any atom is 0.243 e. The third-order valence-corrected chi connectivity index (χ3v) is 8.59. The zero-order valence-electron chi connectivity index (χ0n) is 17.7. The molecule has 1 aliphatic heterocycles. The normalized spacial score (nSPS) is 16.3. The van der Waals surface area contributed by atoms with E-state index in [1.807, 2.05) is 0 Å². The Kier molecular flexibility index (Phi) is 7.71. The van der Waals surface area contributed by atoms with Crippen LogP contribution in [0.1, 0.15) is 18.4 Å². The van der Waals surface area contributed by atoms with Gasteiger partial charge in [0.1, 0.15) is 12.4 Å². The van der Waals surface area contributed by atoms with E-state index in [1.54, 1.807) is 44.4 Å². The molecule has 0 saturated carbocycles. The number of piperidine rings is 1. The summed E-state index contributed by atoms with van der Waals surface area (Å²) in [5, 5.41) is 0. The predicted octanol–water partition coefficient (Wildman–Crippen LogP) is 2.15. The van der Waals surface area contributed by atoms with Crippen LogP contribution in [0.25, 0.3) is 0 Å². The van der Waals surface area contributed by atoms with Crippen molar-refractivity contribution in [2.75, 3.05) is 33.4 Å². The van der Waals surface area contributed by atoms with Crippen LogP contribution in [0, 0.1) is 6.92 Å². The van der Waals surface area contributed by atoms with Crippen LogP contribution in [0.3, 0.4) is 0 Å². The largest absolute Gasteiger partial charge is 0.491 e. The van der Waals surface area contributed by atoms with Gasteiger partial charge in [0.15, 0.2) is 0 Å². The zero-order valence-corrected chi connectivity index (χ0v) is 19.3. The summed E-state index contributed by atoms with van der Waals surface area (Å²) in [6.07, 6.45) is 0.810. The summed E-state index contributed by atoms with van der Waals surface area (Å²) < 4.78 is 65.7. The van der Waals surface area contributed by atoms with Gasteiger partial charge in [-0.1, -0.05) is 18.2 Å². The molecule has 3 rings (SSSR count). The lowest BCUT2D eigenvalue weighted by atomic mass is 10.1. The van der Waals surface area contributed by atoms with Gasteiger partial charge in [-0.05, 0) is 55.7 Å². The van der Waals surface area contributed by atoms with Crippen molar-refractivity contribution in [3.63, 3.8) is 0 Å². The number of nitrogens with one attached hydrogen (secondary N) is 1. The van der Waals surface area contributed by atoms with Gasteiger partial charge in [-0.3, -0.25) is 0 Å². The van der Waals surface area contributed by atoms with Crippen LogP contribution in [0.2, 0.25) is 0 Å². The Hall–Kier alpha value is -1.98. The van der Waals surface area contributed by atoms with Gasteiger partial charge in [-0.2, -0.15) is 4.31 Å². The van der Waals surface area contributed by atoms with Crippen LogP contribution in [-0.4, -0.2) is 60.6 Å². The lowest BCUT2D eigenvalue weighted by Crippen LogP contribution is -2.46. The summed E-state index contributed by atoms with van der Waals surface area (Å²) in [7, 11) is -5.71. The van der Waals surface area contributed by atoms with E-state index in [4.69, 9.17) is 9.47 Å². The van der Waals surface area contributed by atoms with E-state index in [-0.39, 0.29) is 28.9 Å². The molecule has 0 radical (unpaired) electrons. The molecule has 2 aromatic carbocycles. The number of hydrogen-bond acceptors (Lipinski definition) is 6. The number of hydrogen-bond donors (Lipinski definition) is 1. The topological polar surface area (TPSA) is 102 Å². The molecule has 0 spiro atoms. The van der Waals surface area contributed by atoms with Crippen LogP contribution in [0.15, 0.2) is 58.3 Å². The molecule has 0 unspecified atom stereocenters. The van der Waals surface area contributed by atoms with Crippen LogP contribution >= 0.6 is 0 Å². The second-order valence-electron chi connectivity index (χ2n) is 7.38. The molecule has 170 valence electrons. The summed E-state index contributed by atoms with van der Waals surface area (Å²) in [5.74, 6) is 0.616. The highest BCUT2D eigenvalue weighted by molar-refractivity contribution is 7.89. The molecule has 1 saturated heterocycles. The van der Waals surface area contributed by atoms with Crippen molar-refractivity contribution in [3.05, 3.63) is 54.1 Å². The molecule has 31 heavy (non-hydrogen) atoms. The lowest BCUT2D eigenvalue weighted by molar-refractivity contribution is 0.146. The molecule has 1 fully saturated rings. The third kappa shape index (κ3) is 5.83. The minimum Gasteiger partial charge on any atom is -0.491 e. The first-order chi connectivity index (χ1) is 14.7. The molecule has 1 heterocycles. The second kappa shape index (κ2) is 10.1. The highest BCUT2D eigenvalue weighted by atomic mass is 32.2. The predicted molar refractivity (Wildman–Crippen MR) is 117 cm³/mol. The first kappa shape index (κ1) is 23.7. The third-order valence-electron chi connectivity index (χ3n) is 5.16. The molecule has 0 bridgehead atoms. The number of methoxy groups -OCH3 is 1. The van der Waals surface area contributed by atoms with Crippen molar-refractivity contribution in [2.45, 2.75) is 35.6 Å². The Morgan fingerprint density at radius 1 is 0.968 bits per heavy atom. The Balaban J connectivity index is 1.63. The van der Waals surface area contributed by atoms with Gasteiger partial charge in [-0.15, -0.1) is 0 Å². The summed E-state index contributed by atoms with van der Waals surface area (Å²) in [4.78, 5) is 0.403. The van der Waals surface area contributed by atoms with Gasteiger partial charge in [0, 0.05) is 26.2 Å². The molecule has 0 amide bonds. The van der Waals surface area contributed by atoms with Crippen molar-refractivity contribution in [1.29, 1.82) is 0 Å². The van der Waals surface area contributed by atoms with Crippen molar-refractivity contribution in [1.82, 2.24) is 9.03 Å². The summed E-state index contributed by atoms with van der Waals surface area (Å²) >= 11 is 0. The van der Waals surface area contributed by atoms with Crippen LogP contribution < -0.4 is 9.46 Å². The molecule has 10 heteroatoms. The second-order valence-corrected chi connectivity index (χ2v) is 11.0. The minimum atomic E-state index is -3.67. The average molecular weight is 469 g/mol. The summed E-state index contributed by atoms with van der Waals surface area (Å²) in [6.45, 7) is 3.12. The van der Waals surface area contributed by atoms with Gasteiger partial charge >= 0.3 is 0 Å². The Labute approximate surface area is 184 Å². The standard InChI is InChI=1S/C21H28N2O6S2/c1-17-16-20(8-9-21(17)29-15-14-28-2)31(26,27)23-12-10-18(11-13-23)22-30(24,25)19-6-4-3-5-7-19/h3-9,16,18,22H,10-15H2,1-2H3. The maximum absolute atomic E-state index is 13.1. The molecule has 0 aromatic heterocycles. The van der Waals surface area contributed by atoms with Crippen molar-refractivity contribution in [2.24, 2.45) is 0 Å². The van der Waals surface area contributed by atoms with Gasteiger partial charge in [0.05, 0.1) is 16.4 Å². The molecule has 1 aliphatic rings. The highest BCUT2D eigenvalue weighted by Gasteiger charge is 2.31. The van der Waals surface area contributed by atoms with Gasteiger partial charge in [-0.25, -0.2) is 21.6 Å². The number of benzene rings is 2. The minimum absolute atomic E-state index is 0.201. The van der Waals surface area contributed by atoms with E-state index < -0.39 is 20.0 Å². The van der Waals surface area contributed by atoms with Crippen LogP contribution in [0.5, 0.6) is 5.75 Å². The zero-order chi connectivity index (χ0) is 22.5. The quantitative estimate of drug-likeness (QED) is 0.566. The molecular formula is C21H28N2O6S2. The lowest BCUT2D eigenvalue weighted by Gasteiger charge is -2.31. The summed E-state index contributed by atoms with van der Waals surface area (Å²) in [5.41, 5.74) is 0.725. The summed E-state index contributed by atoms with van der Waals surface area (Å²) in [6, 6.07) is 12.6. The van der Waals surface area contributed by atoms with Gasteiger partial charge < -0.3 is 9.47 Å². The number of nitrogens with zero attached hydrogens (tertiary/aromatic N) is 1. The van der Waals surface area contributed by atoms with E-state index in [1.165, 1.54) is 22.5 Å². The number of ether oxygens (including phenoxy) is 2. The van der Waals surface area contributed by atoms with Crippen molar-refractivity contribution in [3.8, 4) is 5.75 Å². The van der Waals surface area contributed by atoms with E-state index in [0.717, 1.165) is 5.56 Å². The Morgan fingerprint density at radius 3 is 2.26 bits per heavy atom. The van der Waals surface area contributed by atoms with E-state index in [9.17, 15) is 16.8 Å². The highest BCUT2D eigenvalue weighted by Crippen LogP contribution is 2.26. The number of aryl methyl sites for hydroxylation is 1. The fraction of sp³-hybridized carbons (Fsp3) is 0.429. The first-order valence-corrected chi connectivity index (χ1v) is 13.0. The molecule has 2 aromatic rings. The average Bonchev–Trinajstić information content (AvgIpc) is 2.75. The fourth-order valence-corrected chi connectivity index (χ4v) is 6.31. The smallest absolute Gasteiger partial charge is 0.243 e. The van der Waals surface area contributed by atoms with Crippen LogP contribution in [-0.2, 0) is 24.8 Å². The number of sulfonamides is 2. The van der Waals surface area contributed by atoms with E-state index in [0.29, 0.717) is 31.8 Å². The first-order valence-electron chi connectivity index (χ1n) is 10.0. The molecule has 0 atom stereocenters. The van der Waals surface area contributed by atoms with Crippen molar-refractivity contribution < 1.29 is 26.3 Å². The molecule has 0 aliphatic carbocycles. The molecule has 1 N–H and O–H groups in total. The van der Waals surface area contributed by atoms with Gasteiger partial charge in [0.2, 0.25) is 20.0 Å². The molecular weight excluding hydrogens is 440 g/mol. The Morgan fingerprint density at radius 2 is 1.65 bits per heavy atom.